The van der Waals surface area contributed by atoms with Gasteiger partial charge < -0.3 is 4.90 Å². The Balaban J connectivity index is 2.43. The summed E-state index contributed by atoms with van der Waals surface area (Å²) in [5, 5.41) is 8.40. The predicted octanol–water partition coefficient (Wildman–Crippen LogP) is 1.91. The smallest absolute Gasteiger partial charge is 0.236 e. The number of aryl methyl sites for hydroxylation is 1. The lowest BCUT2D eigenvalue weighted by Crippen LogP contribution is -2.28. The molecule has 3 nitrogen and oxygen atoms in total. The highest BCUT2D eigenvalue weighted by atomic mass is 16.2. The van der Waals surface area contributed by atoms with Crippen LogP contribution >= 0.6 is 0 Å². The number of nitrogens with zero attached hydrogens (tertiary/aromatic N) is 2. The van der Waals surface area contributed by atoms with Crippen LogP contribution in [0.2, 0.25) is 0 Å². The molecule has 0 fully saturated rings. The molecule has 0 saturated carbocycles. The summed E-state index contributed by atoms with van der Waals surface area (Å²) in [7, 11) is 1.73. The molecule has 0 aliphatic carbocycles. The third-order valence-electron chi connectivity index (χ3n) is 2.51. The summed E-state index contributed by atoms with van der Waals surface area (Å²) in [6.07, 6.45) is 0.790. The zero-order valence-electron chi connectivity index (χ0n) is 9.73. The Kier molecular flexibility index (Phi) is 4.53. The van der Waals surface area contributed by atoms with Crippen LogP contribution in [0, 0.1) is 18.3 Å². The molecule has 0 aromatic heterocycles. The molecule has 84 valence electrons. The van der Waals surface area contributed by atoms with Gasteiger partial charge in [-0.2, -0.15) is 5.26 Å². The fourth-order valence-corrected chi connectivity index (χ4v) is 1.38. The van der Waals surface area contributed by atoms with Crippen LogP contribution in [-0.2, 0) is 11.2 Å². The van der Waals surface area contributed by atoms with E-state index >= 15 is 0 Å². The molecule has 1 rings (SSSR count). The van der Waals surface area contributed by atoms with Gasteiger partial charge in [-0.25, -0.2) is 0 Å². The van der Waals surface area contributed by atoms with Crippen LogP contribution in [0.1, 0.15) is 17.5 Å². The molecule has 1 amide bonds. The first kappa shape index (κ1) is 12.3. The maximum Gasteiger partial charge on any atom is 0.236 e. The molecule has 1 aromatic carbocycles. The van der Waals surface area contributed by atoms with Gasteiger partial charge in [0, 0.05) is 13.6 Å². The average Bonchev–Trinajstić information content (AvgIpc) is 2.28. The lowest BCUT2D eigenvalue weighted by molar-refractivity contribution is -0.128. The van der Waals surface area contributed by atoms with E-state index in [1.54, 1.807) is 11.9 Å². The molecule has 1 aromatic rings. The van der Waals surface area contributed by atoms with E-state index in [2.05, 4.69) is 24.3 Å². The van der Waals surface area contributed by atoms with E-state index in [-0.39, 0.29) is 12.3 Å². The Bertz CT molecular complexity index is 389. The van der Waals surface area contributed by atoms with Crippen molar-refractivity contribution in [3.8, 4) is 6.07 Å². The van der Waals surface area contributed by atoms with Gasteiger partial charge in [-0.3, -0.25) is 4.79 Å². The first-order valence-electron chi connectivity index (χ1n) is 5.30. The van der Waals surface area contributed by atoms with Gasteiger partial charge in [-0.15, -0.1) is 0 Å². The largest absolute Gasteiger partial charge is 0.345 e. The fraction of sp³-hybridized carbons (Fsp3) is 0.385. The Morgan fingerprint density at radius 2 is 2.00 bits per heavy atom. The molecule has 0 unspecified atom stereocenters. The second-order valence-corrected chi connectivity index (χ2v) is 3.89. The summed E-state index contributed by atoms with van der Waals surface area (Å²) < 4.78 is 0. The number of carbonyl (C=O) groups excluding carboxylic acids is 1. The first-order valence-corrected chi connectivity index (χ1v) is 5.30. The van der Waals surface area contributed by atoms with Crippen molar-refractivity contribution in [2.75, 3.05) is 13.6 Å². The summed E-state index contributed by atoms with van der Waals surface area (Å²) in [5.41, 5.74) is 2.44. The second-order valence-electron chi connectivity index (χ2n) is 3.89. The molecule has 3 heteroatoms. The SMILES string of the molecule is Cc1ccc(CCN(C)C(=O)CC#N)cc1. The van der Waals surface area contributed by atoms with Crippen molar-refractivity contribution in [3.63, 3.8) is 0 Å². The van der Waals surface area contributed by atoms with Crippen molar-refractivity contribution < 1.29 is 4.79 Å². The molecule has 0 radical (unpaired) electrons. The molecule has 0 aliphatic heterocycles. The van der Waals surface area contributed by atoms with Gasteiger partial charge in [0.2, 0.25) is 5.91 Å². The van der Waals surface area contributed by atoms with Crippen molar-refractivity contribution in [1.29, 1.82) is 5.26 Å². The normalized spacial score (nSPS) is 9.56. The van der Waals surface area contributed by atoms with Gasteiger partial charge in [-0.1, -0.05) is 29.8 Å². The summed E-state index contributed by atoms with van der Waals surface area (Å²) in [5.74, 6) is -0.116. The minimum Gasteiger partial charge on any atom is -0.345 e. The number of benzene rings is 1. The van der Waals surface area contributed by atoms with Crippen molar-refractivity contribution in [2.45, 2.75) is 19.8 Å². The number of carbonyl (C=O) groups is 1. The minimum atomic E-state index is -0.116. The first-order chi connectivity index (χ1) is 7.63. The monoisotopic (exact) mass is 216 g/mol. The fourth-order valence-electron chi connectivity index (χ4n) is 1.38. The number of rotatable bonds is 4. The number of hydrogen-bond donors (Lipinski definition) is 0. The van der Waals surface area contributed by atoms with Gasteiger partial charge in [0.05, 0.1) is 6.07 Å². The van der Waals surface area contributed by atoms with E-state index in [1.165, 1.54) is 11.1 Å². The van der Waals surface area contributed by atoms with Gasteiger partial charge in [0.15, 0.2) is 0 Å². The van der Waals surface area contributed by atoms with Crippen LogP contribution < -0.4 is 0 Å². The van der Waals surface area contributed by atoms with E-state index in [0.29, 0.717) is 6.54 Å². The van der Waals surface area contributed by atoms with E-state index in [9.17, 15) is 4.79 Å². The van der Waals surface area contributed by atoms with Crippen LogP contribution in [0.5, 0.6) is 0 Å². The molecule has 0 aliphatic rings. The number of amides is 1. The summed E-state index contributed by atoms with van der Waals surface area (Å²) in [4.78, 5) is 12.9. The summed E-state index contributed by atoms with van der Waals surface area (Å²) >= 11 is 0. The van der Waals surface area contributed by atoms with Gasteiger partial charge >= 0.3 is 0 Å². The maximum atomic E-state index is 11.3. The highest BCUT2D eigenvalue weighted by Gasteiger charge is 2.07. The number of nitriles is 1. The van der Waals surface area contributed by atoms with E-state index in [4.69, 9.17) is 5.26 Å². The van der Waals surface area contributed by atoms with Crippen molar-refractivity contribution in [3.05, 3.63) is 35.4 Å². The van der Waals surface area contributed by atoms with Gasteiger partial charge in [0.25, 0.3) is 0 Å². The maximum absolute atomic E-state index is 11.3. The minimum absolute atomic E-state index is 0.0373. The number of hydrogen-bond acceptors (Lipinski definition) is 2. The van der Waals surface area contributed by atoms with Crippen LogP contribution in [0.15, 0.2) is 24.3 Å². The Labute approximate surface area is 96.3 Å². The van der Waals surface area contributed by atoms with Crippen molar-refractivity contribution in [2.24, 2.45) is 0 Å². The van der Waals surface area contributed by atoms with Gasteiger partial charge in [-0.05, 0) is 18.9 Å². The molecule has 0 saturated heterocycles. The zero-order chi connectivity index (χ0) is 12.0. The molecule has 0 bridgehead atoms. The highest BCUT2D eigenvalue weighted by molar-refractivity contribution is 5.77. The van der Waals surface area contributed by atoms with Crippen LogP contribution in [0.25, 0.3) is 0 Å². The lowest BCUT2D eigenvalue weighted by atomic mass is 10.1. The third-order valence-corrected chi connectivity index (χ3v) is 2.51. The Hall–Kier alpha value is -1.82. The average molecular weight is 216 g/mol. The lowest BCUT2D eigenvalue weighted by Gasteiger charge is -2.15. The molecule has 0 heterocycles. The second kappa shape index (κ2) is 5.92. The third kappa shape index (κ3) is 3.74. The molecule has 16 heavy (non-hydrogen) atoms. The highest BCUT2D eigenvalue weighted by Crippen LogP contribution is 2.04. The van der Waals surface area contributed by atoms with Crippen LogP contribution in [0.3, 0.4) is 0 Å². The molecule has 0 spiro atoms. The standard InChI is InChI=1S/C13H16N2O/c1-11-3-5-12(6-4-11)8-10-15(2)13(16)7-9-14/h3-6H,7-8,10H2,1-2H3. The predicted molar refractivity (Wildman–Crippen MR) is 62.8 cm³/mol. The molecular weight excluding hydrogens is 200 g/mol. The van der Waals surface area contributed by atoms with Crippen LogP contribution in [-0.4, -0.2) is 24.4 Å². The quantitative estimate of drug-likeness (QED) is 0.771. The molecular formula is C13H16N2O. The zero-order valence-corrected chi connectivity index (χ0v) is 9.73. The summed E-state index contributed by atoms with van der Waals surface area (Å²) in [6, 6.07) is 10.1. The Morgan fingerprint density at radius 3 is 2.56 bits per heavy atom. The summed E-state index contributed by atoms with van der Waals surface area (Å²) in [6.45, 7) is 2.70. The molecule has 0 N–H and O–H groups in total. The van der Waals surface area contributed by atoms with E-state index < -0.39 is 0 Å². The van der Waals surface area contributed by atoms with Crippen LogP contribution in [0.4, 0.5) is 0 Å². The Morgan fingerprint density at radius 1 is 1.38 bits per heavy atom. The van der Waals surface area contributed by atoms with E-state index in [1.807, 2.05) is 13.0 Å². The topological polar surface area (TPSA) is 44.1 Å². The number of likely N-dealkylation sites (N-methyl/N-ethyl adjacent to an activating group) is 1. The molecule has 0 atom stereocenters. The van der Waals surface area contributed by atoms with Crippen molar-refractivity contribution in [1.82, 2.24) is 4.90 Å². The van der Waals surface area contributed by atoms with Crippen molar-refractivity contribution >= 4 is 5.91 Å². The van der Waals surface area contributed by atoms with Gasteiger partial charge in [0.1, 0.15) is 6.42 Å². The van der Waals surface area contributed by atoms with E-state index in [0.717, 1.165) is 6.42 Å².